The van der Waals surface area contributed by atoms with E-state index in [1.807, 2.05) is 13.1 Å². The fourth-order valence-electron chi connectivity index (χ4n) is 3.86. The summed E-state index contributed by atoms with van der Waals surface area (Å²) in [5.41, 5.74) is 1.15. The Morgan fingerprint density at radius 3 is 2.57 bits per heavy atom. The Hall–Kier alpha value is -1.95. The Morgan fingerprint density at radius 2 is 1.93 bits per heavy atom. The highest BCUT2D eigenvalue weighted by atomic mass is 16.6. The number of benzene rings is 1. The van der Waals surface area contributed by atoms with Crippen LogP contribution in [0.5, 0.6) is 11.5 Å². The highest BCUT2D eigenvalue weighted by molar-refractivity contribution is 5.80. The smallest absolute Gasteiger partial charge is 0.191 e. The quantitative estimate of drug-likeness (QED) is 0.600. The van der Waals surface area contributed by atoms with E-state index in [4.69, 9.17) is 9.47 Å². The number of guanidine groups is 1. The molecule has 6 nitrogen and oxygen atoms in total. The van der Waals surface area contributed by atoms with E-state index in [9.17, 15) is 0 Å². The van der Waals surface area contributed by atoms with Gasteiger partial charge in [-0.15, -0.1) is 0 Å². The summed E-state index contributed by atoms with van der Waals surface area (Å²) in [7, 11) is 1.84. The van der Waals surface area contributed by atoms with Crippen LogP contribution in [0.15, 0.2) is 23.2 Å². The molecule has 3 rings (SSSR count). The molecule has 2 heterocycles. The van der Waals surface area contributed by atoms with Crippen molar-refractivity contribution in [3.8, 4) is 11.5 Å². The molecular formula is C22H36N4O2. The average molecular weight is 389 g/mol. The van der Waals surface area contributed by atoms with Crippen molar-refractivity contribution < 1.29 is 9.47 Å². The summed E-state index contributed by atoms with van der Waals surface area (Å²) >= 11 is 0. The molecule has 28 heavy (non-hydrogen) atoms. The van der Waals surface area contributed by atoms with E-state index in [0.29, 0.717) is 31.2 Å². The van der Waals surface area contributed by atoms with Crippen LogP contribution in [-0.4, -0.2) is 62.8 Å². The third-order valence-electron chi connectivity index (χ3n) is 5.94. The van der Waals surface area contributed by atoms with Crippen molar-refractivity contribution in [2.24, 2.45) is 10.9 Å². The molecule has 156 valence electrons. The molecule has 6 heteroatoms. The largest absolute Gasteiger partial charge is 0.486 e. The lowest BCUT2D eigenvalue weighted by Gasteiger charge is -2.29. The SMILES string of the molecule is CN=C(NCC(C)(C)c1ccc2c(c1)OCCO2)NC1CN(C(C)C)CC1C. The topological polar surface area (TPSA) is 58.1 Å². The van der Waals surface area contributed by atoms with E-state index in [1.165, 1.54) is 5.56 Å². The number of fused-ring (bicyclic) bond motifs is 1. The van der Waals surface area contributed by atoms with E-state index in [0.717, 1.165) is 37.1 Å². The van der Waals surface area contributed by atoms with E-state index < -0.39 is 0 Å². The summed E-state index contributed by atoms with van der Waals surface area (Å²) in [6.07, 6.45) is 0. The van der Waals surface area contributed by atoms with Gasteiger partial charge in [0.05, 0.1) is 0 Å². The first kappa shape index (κ1) is 20.8. The summed E-state index contributed by atoms with van der Waals surface area (Å²) in [5.74, 6) is 3.15. The van der Waals surface area contributed by atoms with Crippen LogP contribution in [0.25, 0.3) is 0 Å². The van der Waals surface area contributed by atoms with Crippen LogP contribution in [0.4, 0.5) is 0 Å². The van der Waals surface area contributed by atoms with Crippen molar-refractivity contribution in [1.82, 2.24) is 15.5 Å². The van der Waals surface area contributed by atoms with Gasteiger partial charge in [0.1, 0.15) is 13.2 Å². The van der Waals surface area contributed by atoms with Gasteiger partial charge >= 0.3 is 0 Å². The highest BCUT2D eigenvalue weighted by Crippen LogP contribution is 2.34. The molecule has 0 saturated carbocycles. The summed E-state index contributed by atoms with van der Waals surface area (Å²) in [6, 6.07) is 7.25. The predicted octanol–water partition coefficient (Wildman–Crippen LogP) is 2.63. The van der Waals surface area contributed by atoms with Crippen molar-refractivity contribution in [2.75, 3.05) is 39.9 Å². The summed E-state index contributed by atoms with van der Waals surface area (Å²) in [6.45, 7) is 15.5. The average Bonchev–Trinajstić information content (AvgIpc) is 3.05. The molecule has 0 amide bonds. The zero-order valence-corrected chi connectivity index (χ0v) is 18.2. The molecule has 1 saturated heterocycles. The fraction of sp³-hybridized carbons (Fsp3) is 0.682. The van der Waals surface area contributed by atoms with Crippen molar-refractivity contribution in [3.63, 3.8) is 0 Å². The predicted molar refractivity (Wildman–Crippen MR) is 115 cm³/mol. The summed E-state index contributed by atoms with van der Waals surface area (Å²) in [5, 5.41) is 7.15. The molecular weight excluding hydrogens is 352 g/mol. The van der Waals surface area contributed by atoms with Gasteiger partial charge in [0.15, 0.2) is 17.5 Å². The van der Waals surface area contributed by atoms with Gasteiger partial charge in [0.25, 0.3) is 0 Å². The Balaban J connectivity index is 1.60. The van der Waals surface area contributed by atoms with Gasteiger partial charge in [-0.2, -0.15) is 0 Å². The van der Waals surface area contributed by atoms with E-state index >= 15 is 0 Å². The highest BCUT2D eigenvalue weighted by Gasteiger charge is 2.31. The normalized spacial score (nSPS) is 23.2. The second kappa shape index (κ2) is 8.60. The van der Waals surface area contributed by atoms with Crippen LogP contribution < -0.4 is 20.1 Å². The Kier molecular flexibility index (Phi) is 6.38. The lowest BCUT2D eigenvalue weighted by molar-refractivity contribution is 0.171. The molecule has 2 unspecified atom stereocenters. The lowest BCUT2D eigenvalue weighted by Crippen LogP contribution is -2.49. The first-order valence-electron chi connectivity index (χ1n) is 10.4. The number of nitrogens with zero attached hydrogens (tertiary/aromatic N) is 2. The molecule has 2 aliphatic heterocycles. The number of hydrogen-bond acceptors (Lipinski definition) is 4. The minimum atomic E-state index is -0.0707. The van der Waals surface area contributed by atoms with Crippen molar-refractivity contribution in [2.45, 2.75) is 52.1 Å². The molecule has 1 fully saturated rings. The summed E-state index contributed by atoms with van der Waals surface area (Å²) in [4.78, 5) is 6.98. The second-order valence-electron chi connectivity index (χ2n) is 8.94. The third-order valence-corrected chi connectivity index (χ3v) is 5.94. The summed E-state index contributed by atoms with van der Waals surface area (Å²) < 4.78 is 11.4. The Bertz CT molecular complexity index is 702. The molecule has 0 aliphatic carbocycles. The van der Waals surface area contributed by atoms with Crippen LogP contribution in [0, 0.1) is 5.92 Å². The zero-order chi connectivity index (χ0) is 20.3. The molecule has 2 atom stereocenters. The molecule has 0 bridgehead atoms. The lowest BCUT2D eigenvalue weighted by atomic mass is 9.84. The van der Waals surface area contributed by atoms with Crippen LogP contribution in [0.3, 0.4) is 0 Å². The minimum Gasteiger partial charge on any atom is -0.486 e. The number of rotatable bonds is 5. The standard InChI is InChI=1S/C22H36N4O2/c1-15(2)26-12-16(3)18(13-26)25-21(23-6)24-14-22(4,5)17-7-8-19-20(11-17)28-10-9-27-19/h7-8,11,15-16,18H,9-10,12-14H2,1-6H3,(H2,23,24,25). The van der Waals surface area contributed by atoms with Gasteiger partial charge in [-0.1, -0.05) is 26.8 Å². The monoisotopic (exact) mass is 388 g/mol. The molecule has 1 aromatic rings. The van der Waals surface area contributed by atoms with Crippen LogP contribution in [0.2, 0.25) is 0 Å². The maximum Gasteiger partial charge on any atom is 0.191 e. The van der Waals surface area contributed by atoms with Crippen molar-refractivity contribution in [1.29, 1.82) is 0 Å². The molecule has 2 N–H and O–H groups in total. The minimum absolute atomic E-state index is 0.0707. The van der Waals surface area contributed by atoms with Gasteiger partial charge in [-0.05, 0) is 37.5 Å². The second-order valence-corrected chi connectivity index (χ2v) is 8.94. The third kappa shape index (κ3) is 4.72. The van der Waals surface area contributed by atoms with Crippen molar-refractivity contribution >= 4 is 5.96 Å². The van der Waals surface area contributed by atoms with E-state index in [2.05, 4.69) is 67.3 Å². The van der Waals surface area contributed by atoms with Gasteiger partial charge in [0.2, 0.25) is 0 Å². The van der Waals surface area contributed by atoms with Gasteiger partial charge < -0.3 is 20.1 Å². The van der Waals surface area contributed by atoms with Crippen LogP contribution in [-0.2, 0) is 5.41 Å². The molecule has 0 spiro atoms. The Labute approximate surface area is 169 Å². The maximum atomic E-state index is 5.75. The zero-order valence-electron chi connectivity index (χ0n) is 18.2. The fourth-order valence-corrected chi connectivity index (χ4v) is 3.86. The van der Waals surface area contributed by atoms with Gasteiger partial charge in [0, 0.05) is 44.2 Å². The van der Waals surface area contributed by atoms with Crippen LogP contribution in [0.1, 0.15) is 40.2 Å². The molecule has 0 radical (unpaired) electrons. The maximum absolute atomic E-state index is 5.75. The molecule has 2 aliphatic rings. The first-order chi connectivity index (χ1) is 13.3. The Morgan fingerprint density at radius 1 is 1.21 bits per heavy atom. The van der Waals surface area contributed by atoms with Gasteiger partial charge in [-0.25, -0.2) is 0 Å². The van der Waals surface area contributed by atoms with E-state index in [1.54, 1.807) is 0 Å². The number of ether oxygens (including phenoxy) is 2. The van der Waals surface area contributed by atoms with Crippen molar-refractivity contribution in [3.05, 3.63) is 23.8 Å². The number of nitrogens with one attached hydrogen (secondary N) is 2. The first-order valence-corrected chi connectivity index (χ1v) is 10.4. The number of hydrogen-bond donors (Lipinski definition) is 2. The number of aliphatic imine (C=N–C) groups is 1. The molecule has 1 aromatic carbocycles. The number of likely N-dealkylation sites (tertiary alicyclic amines) is 1. The van der Waals surface area contributed by atoms with Gasteiger partial charge in [-0.3, -0.25) is 9.89 Å². The van der Waals surface area contributed by atoms with E-state index in [-0.39, 0.29) is 5.41 Å². The van der Waals surface area contributed by atoms with Crippen LogP contribution >= 0.6 is 0 Å². The molecule has 0 aromatic heterocycles.